The van der Waals surface area contributed by atoms with E-state index < -0.39 is 17.3 Å². The highest BCUT2D eigenvalue weighted by atomic mass is 32.1. The Labute approximate surface area is 105 Å². The SMILES string of the molecule is N#Cc1cn([C@H](C#N)c2cccs2)c(=O)[nH]c1=O. The topological polar surface area (TPSA) is 102 Å². The smallest absolute Gasteiger partial charge is 0.278 e. The lowest BCUT2D eigenvalue weighted by Gasteiger charge is -2.10. The molecule has 0 bridgehead atoms. The molecule has 2 rings (SSSR count). The number of aromatic nitrogens is 2. The Morgan fingerprint density at radius 1 is 1.39 bits per heavy atom. The summed E-state index contributed by atoms with van der Waals surface area (Å²) in [6, 6.07) is 6.27. The minimum absolute atomic E-state index is 0.202. The molecular weight excluding hydrogens is 252 g/mol. The maximum absolute atomic E-state index is 11.7. The zero-order valence-electron chi connectivity index (χ0n) is 8.95. The van der Waals surface area contributed by atoms with E-state index in [1.54, 1.807) is 23.6 Å². The molecular formula is C11H6N4O2S. The maximum Gasteiger partial charge on any atom is 0.329 e. The van der Waals surface area contributed by atoms with Crippen LogP contribution in [0.2, 0.25) is 0 Å². The Bertz CT molecular complexity index is 758. The standard InChI is InChI=1S/C11H6N4O2S/c12-4-7-6-15(11(17)14-10(7)16)8(5-13)9-2-1-3-18-9/h1-3,6,8H,(H,14,16,17)/t8-/m1/s1. The number of nitrogens with one attached hydrogen (secondary N) is 1. The van der Waals surface area contributed by atoms with Crippen LogP contribution in [-0.4, -0.2) is 9.55 Å². The Balaban J connectivity index is 2.65. The van der Waals surface area contributed by atoms with E-state index in [0.717, 1.165) is 10.8 Å². The van der Waals surface area contributed by atoms with Crippen molar-refractivity contribution in [2.75, 3.05) is 0 Å². The van der Waals surface area contributed by atoms with Crippen molar-refractivity contribution in [3.05, 3.63) is 55.0 Å². The molecule has 2 heterocycles. The summed E-state index contributed by atoms with van der Waals surface area (Å²) in [7, 11) is 0. The Kier molecular flexibility index (Phi) is 3.09. The average molecular weight is 258 g/mol. The molecule has 0 fully saturated rings. The summed E-state index contributed by atoms with van der Waals surface area (Å²) in [6.07, 6.45) is 1.11. The molecule has 7 heteroatoms. The lowest BCUT2D eigenvalue weighted by atomic mass is 10.2. The zero-order valence-corrected chi connectivity index (χ0v) is 9.77. The molecule has 0 radical (unpaired) electrons. The first-order valence-corrected chi connectivity index (χ1v) is 5.74. The monoisotopic (exact) mass is 258 g/mol. The van der Waals surface area contributed by atoms with Crippen LogP contribution in [0.15, 0.2) is 33.3 Å². The second-order valence-electron chi connectivity index (χ2n) is 3.37. The van der Waals surface area contributed by atoms with Crippen LogP contribution >= 0.6 is 11.3 Å². The number of nitriles is 2. The van der Waals surface area contributed by atoms with Crippen LogP contribution in [0.4, 0.5) is 0 Å². The van der Waals surface area contributed by atoms with Gasteiger partial charge < -0.3 is 0 Å². The van der Waals surface area contributed by atoms with Gasteiger partial charge in [-0.15, -0.1) is 11.3 Å². The fraction of sp³-hybridized carbons (Fsp3) is 0.0909. The van der Waals surface area contributed by atoms with E-state index in [-0.39, 0.29) is 5.56 Å². The van der Waals surface area contributed by atoms with Gasteiger partial charge in [-0.3, -0.25) is 14.3 Å². The van der Waals surface area contributed by atoms with Gasteiger partial charge in [0, 0.05) is 11.1 Å². The second kappa shape index (κ2) is 4.70. The van der Waals surface area contributed by atoms with Gasteiger partial charge in [-0.25, -0.2) is 4.79 Å². The molecule has 0 aliphatic heterocycles. The number of H-pyrrole nitrogens is 1. The van der Waals surface area contributed by atoms with Crippen LogP contribution in [0.5, 0.6) is 0 Å². The summed E-state index contributed by atoms with van der Waals surface area (Å²) in [6.45, 7) is 0. The van der Waals surface area contributed by atoms with Crippen LogP contribution in [0, 0.1) is 22.7 Å². The van der Waals surface area contributed by atoms with E-state index in [4.69, 9.17) is 10.5 Å². The van der Waals surface area contributed by atoms with Gasteiger partial charge in [0.15, 0.2) is 6.04 Å². The molecule has 1 atom stereocenters. The molecule has 0 unspecified atom stereocenters. The van der Waals surface area contributed by atoms with E-state index in [9.17, 15) is 9.59 Å². The largest absolute Gasteiger partial charge is 0.329 e. The Hall–Kier alpha value is -2.64. The first kappa shape index (κ1) is 11.8. The van der Waals surface area contributed by atoms with E-state index in [1.165, 1.54) is 11.3 Å². The third kappa shape index (κ3) is 1.95. The van der Waals surface area contributed by atoms with Gasteiger partial charge in [0.1, 0.15) is 11.6 Å². The average Bonchev–Trinajstić information content (AvgIpc) is 2.86. The normalized spacial score (nSPS) is 11.4. The third-order valence-corrected chi connectivity index (χ3v) is 3.23. The number of thiophene rings is 1. The van der Waals surface area contributed by atoms with Crippen LogP contribution < -0.4 is 11.2 Å². The quantitative estimate of drug-likeness (QED) is 0.851. The number of hydrogen-bond donors (Lipinski definition) is 1. The number of aromatic amines is 1. The summed E-state index contributed by atoms with van der Waals surface area (Å²) in [5, 5.41) is 19.7. The van der Waals surface area contributed by atoms with E-state index in [2.05, 4.69) is 0 Å². The highest BCUT2D eigenvalue weighted by Gasteiger charge is 2.17. The lowest BCUT2D eigenvalue weighted by molar-refractivity contribution is 0.660. The molecule has 0 aliphatic rings. The fourth-order valence-electron chi connectivity index (χ4n) is 1.47. The highest BCUT2D eigenvalue weighted by Crippen LogP contribution is 2.20. The molecule has 2 aromatic rings. The summed E-state index contributed by atoms with van der Waals surface area (Å²) in [4.78, 5) is 25.6. The number of nitrogens with zero attached hydrogens (tertiary/aromatic N) is 3. The Morgan fingerprint density at radius 3 is 2.72 bits per heavy atom. The van der Waals surface area contributed by atoms with Gasteiger partial charge in [0.25, 0.3) is 5.56 Å². The molecule has 1 N–H and O–H groups in total. The molecule has 0 amide bonds. The van der Waals surface area contributed by atoms with E-state index in [1.807, 2.05) is 11.1 Å². The van der Waals surface area contributed by atoms with Gasteiger partial charge in [0.05, 0.1) is 6.07 Å². The number of rotatable bonds is 2. The predicted octanol–water partition coefficient (Wildman–Crippen LogP) is 0.583. The molecule has 0 saturated carbocycles. The number of hydrogen-bond acceptors (Lipinski definition) is 5. The molecule has 0 saturated heterocycles. The maximum atomic E-state index is 11.7. The van der Waals surface area contributed by atoms with Crippen LogP contribution in [0.25, 0.3) is 0 Å². The second-order valence-corrected chi connectivity index (χ2v) is 4.35. The van der Waals surface area contributed by atoms with Crippen molar-refractivity contribution in [1.29, 1.82) is 10.5 Å². The van der Waals surface area contributed by atoms with Gasteiger partial charge in [0.2, 0.25) is 0 Å². The minimum Gasteiger partial charge on any atom is -0.278 e. The first-order chi connectivity index (χ1) is 8.67. The van der Waals surface area contributed by atoms with Crippen molar-refractivity contribution in [3.8, 4) is 12.1 Å². The van der Waals surface area contributed by atoms with Gasteiger partial charge in [-0.1, -0.05) is 6.07 Å². The zero-order chi connectivity index (χ0) is 13.1. The molecule has 0 aromatic carbocycles. The first-order valence-electron chi connectivity index (χ1n) is 4.86. The minimum atomic E-state index is -0.846. The third-order valence-electron chi connectivity index (χ3n) is 2.30. The summed E-state index contributed by atoms with van der Waals surface area (Å²) in [5.41, 5.74) is -1.66. The van der Waals surface area contributed by atoms with Crippen LogP contribution in [0.3, 0.4) is 0 Å². The van der Waals surface area contributed by atoms with Gasteiger partial charge >= 0.3 is 5.69 Å². The van der Waals surface area contributed by atoms with E-state index >= 15 is 0 Å². The van der Waals surface area contributed by atoms with Crippen molar-refractivity contribution in [2.24, 2.45) is 0 Å². The van der Waals surface area contributed by atoms with Crippen molar-refractivity contribution in [2.45, 2.75) is 6.04 Å². The molecule has 6 nitrogen and oxygen atoms in total. The molecule has 0 aliphatic carbocycles. The van der Waals surface area contributed by atoms with E-state index in [0.29, 0.717) is 4.88 Å². The highest BCUT2D eigenvalue weighted by molar-refractivity contribution is 7.10. The van der Waals surface area contributed by atoms with Crippen molar-refractivity contribution >= 4 is 11.3 Å². The van der Waals surface area contributed by atoms with Crippen molar-refractivity contribution in [3.63, 3.8) is 0 Å². The van der Waals surface area contributed by atoms with Crippen LogP contribution in [0.1, 0.15) is 16.5 Å². The molecule has 18 heavy (non-hydrogen) atoms. The fourth-order valence-corrected chi connectivity index (χ4v) is 2.23. The van der Waals surface area contributed by atoms with Gasteiger partial charge in [-0.05, 0) is 11.4 Å². The molecule has 0 spiro atoms. The van der Waals surface area contributed by atoms with Crippen molar-refractivity contribution < 1.29 is 0 Å². The summed E-state index contributed by atoms with van der Waals surface area (Å²) >= 11 is 1.32. The predicted molar refractivity (Wildman–Crippen MR) is 64.1 cm³/mol. The summed E-state index contributed by atoms with van der Waals surface area (Å²) < 4.78 is 1.05. The lowest BCUT2D eigenvalue weighted by Crippen LogP contribution is -2.33. The molecule has 2 aromatic heterocycles. The molecule has 88 valence electrons. The Morgan fingerprint density at radius 2 is 2.17 bits per heavy atom. The summed E-state index contributed by atoms with van der Waals surface area (Å²) in [5.74, 6) is 0. The van der Waals surface area contributed by atoms with Gasteiger partial charge in [-0.2, -0.15) is 10.5 Å². The van der Waals surface area contributed by atoms with Crippen molar-refractivity contribution in [1.82, 2.24) is 9.55 Å². The van der Waals surface area contributed by atoms with Crippen LogP contribution in [-0.2, 0) is 0 Å².